The number of hydrogen-bond donors (Lipinski definition) is 1. The normalized spacial score (nSPS) is 17.5. The van der Waals surface area contributed by atoms with Crippen LogP contribution < -0.4 is 5.32 Å². The Morgan fingerprint density at radius 3 is 2.83 bits per heavy atom. The second-order valence-electron chi connectivity index (χ2n) is 5.17. The Balaban J connectivity index is 2.04. The van der Waals surface area contributed by atoms with Gasteiger partial charge in [-0.3, -0.25) is 0 Å². The first-order valence-corrected chi connectivity index (χ1v) is 7.68. The molecule has 1 atom stereocenters. The average molecular weight is 314 g/mol. The van der Waals surface area contributed by atoms with Crippen molar-refractivity contribution in [2.45, 2.75) is 45.1 Å². The molecule has 0 bridgehead atoms. The summed E-state index contributed by atoms with van der Waals surface area (Å²) in [5.74, 6) is 0.613. The second-order valence-corrected chi connectivity index (χ2v) is 5.96. The minimum absolute atomic E-state index is 0.157. The summed E-state index contributed by atoms with van der Waals surface area (Å²) in [6.45, 7) is 3.23. The van der Waals surface area contributed by atoms with Crippen LogP contribution in [0.2, 0.25) is 0 Å². The van der Waals surface area contributed by atoms with E-state index in [9.17, 15) is 4.39 Å². The fraction of sp³-hybridized carbons (Fsp3) is 0.600. The fourth-order valence-electron chi connectivity index (χ4n) is 2.52. The Kier molecular flexibility index (Phi) is 5.19. The molecule has 1 aliphatic rings. The van der Waals surface area contributed by atoms with Gasteiger partial charge in [-0.2, -0.15) is 0 Å². The molecule has 1 fully saturated rings. The highest BCUT2D eigenvalue weighted by molar-refractivity contribution is 9.10. The standard InChI is InChI=1S/C15H21BrFN/c1-2-9-18-14(11-5-3-6-11)10-12-7-4-8-13(17)15(12)16/h4,7-8,11,14,18H,2-3,5-6,9-10H2,1H3. The maximum atomic E-state index is 13.5. The van der Waals surface area contributed by atoms with Gasteiger partial charge in [0.1, 0.15) is 5.82 Å². The van der Waals surface area contributed by atoms with E-state index in [0.29, 0.717) is 10.5 Å². The van der Waals surface area contributed by atoms with E-state index < -0.39 is 0 Å². The summed E-state index contributed by atoms with van der Waals surface area (Å²) in [5.41, 5.74) is 1.08. The van der Waals surface area contributed by atoms with Crippen molar-refractivity contribution in [2.75, 3.05) is 6.54 Å². The van der Waals surface area contributed by atoms with Crippen molar-refractivity contribution in [3.05, 3.63) is 34.1 Å². The van der Waals surface area contributed by atoms with Gasteiger partial charge >= 0.3 is 0 Å². The van der Waals surface area contributed by atoms with E-state index in [1.54, 1.807) is 6.07 Å². The van der Waals surface area contributed by atoms with Crippen LogP contribution in [0, 0.1) is 11.7 Å². The lowest BCUT2D eigenvalue weighted by atomic mass is 9.77. The van der Waals surface area contributed by atoms with Gasteiger partial charge in [-0.1, -0.05) is 25.5 Å². The quantitative estimate of drug-likeness (QED) is 0.825. The van der Waals surface area contributed by atoms with Crippen LogP contribution in [-0.2, 0) is 6.42 Å². The van der Waals surface area contributed by atoms with Crippen LogP contribution in [0.15, 0.2) is 22.7 Å². The molecule has 0 aliphatic heterocycles. The van der Waals surface area contributed by atoms with E-state index in [4.69, 9.17) is 0 Å². The van der Waals surface area contributed by atoms with E-state index in [2.05, 4.69) is 28.2 Å². The van der Waals surface area contributed by atoms with Crippen LogP contribution in [0.5, 0.6) is 0 Å². The summed E-state index contributed by atoms with van der Waals surface area (Å²) < 4.78 is 14.1. The molecule has 1 aliphatic carbocycles. The van der Waals surface area contributed by atoms with Crippen LogP contribution in [0.25, 0.3) is 0 Å². The first-order chi connectivity index (χ1) is 8.72. The SMILES string of the molecule is CCCNC(Cc1cccc(F)c1Br)C1CCC1. The lowest BCUT2D eigenvalue weighted by Crippen LogP contribution is -2.41. The minimum atomic E-state index is -0.157. The Bertz CT molecular complexity index is 390. The van der Waals surface area contributed by atoms with Crippen LogP contribution in [0.3, 0.4) is 0 Å². The maximum Gasteiger partial charge on any atom is 0.137 e. The molecule has 0 saturated heterocycles. The zero-order valence-electron chi connectivity index (χ0n) is 10.9. The van der Waals surface area contributed by atoms with Crippen molar-refractivity contribution in [1.82, 2.24) is 5.32 Å². The van der Waals surface area contributed by atoms with Crippen molar-refractivity contribution >= 4 is 15.9 Å². The molecule has 0 heterocycles. The molecule has 1 unspecified atom stereocenters. The molecule has 0 amide bonds. The number of hydrogen-bond acceptors (Lipinski definition) is 1. The van der Waals surface area contributed by atoms with Crippen molar-refractivity contribution in [3.63, 3.8) is 0 Å². The monoisotopic (exact) mass is 313 g/mol. The summed E-state index contributed by atoms with van der Waals surface area (Å²) in [7, 11) is 0. The lowest BCUT2D eigenvalue weighted by Gasteiger charge is -2.35. The maximum absolute atomic E-state index is 13.5. The summed E-state index contributed by atoms with van der Waals surface area (Å²) in [6, 6.07) is 5.82. The van der Waals surface area contributed by atoms with Crippen LogP contribution in [-0.4, -0.2) is 12.6 Å². The minimum Gasteiger partial charge on any atom is -0.313 e. The topological polar surface area (TPSA) is 12.0 Å². The summed E-state index contributed by atoms with van der Waals surface area (Å²) in [4.78, 5) is 0. The number of halogens is 2. The Morgan fingerprint density at radius 2 is 2.22 bits per heavy atom. The smallest absolute Gasteiger partial charge is 0.137 e. The molecule has 2 rings (SSSR count). The van der Waals surface area contributed by atoms with E-state index in [-0.39, 0.29) is 5.82 Å². The molecule has 3 heteroatoms. The first kappa shape index (κ1) is 14.0. The molecule has 1 aromatic carbocycles. The van der Waals surface area contributed by atoms with E-state index in [0.717, 1.165) is 30.9 Å². The molecule has 0 spiro atoms. The molecular weight excluding hydrogens is 293 g/mol. The number of nitrogens with one attached hydrogen (secondary N) is 1. The molecule has 0 aromatic heterocycles. The fourth-order valence-corrected chi connectivity index (χ4v) is 2.95. The van der Waals surface area contributed by atoms with Gasteiger partial charge < -0.3 is 5.32 Å². The molecule has 1 aromatic rings. The van der Waals surface area contributed by atoms with Gasteiger partial charge in [-0.15, -0.1) is 0 Å². The molecule has 1 N–H and O–H groups in total. The predicted molar refractivity (Wildman–Crippen MR) is 77.2 cm³/mol. The lowest BCUT2D eigenvalue weighted by molar-refractivity contribution is 0.227. The zero-order chi connectivity index (χ0) is 13.0. The number of rotatable bonds is 6. The van der Waals surface area contributed by atoms with Gasteiger partial charge in [0.05, 0.1) is 4.47 Å². The highest BCUT2D eigenvalue weighted by Crippen LogP contribution is 2.32. The van der Waals surface area contributed by atoms with Crippen LogP contribution >= 0.6 is 15.9 Å². The van der Waals surface area contributed by atoms with Crippen LogP contribution in [0.1, 0.15) is 38.2 Å². The van der Waals surface area contributed by atoms with Crippen LogP contribution in [0.4, 0.5) is 4.39 Å². The summed E-state index contributed by atoms with van der Waals surface area (Å²) in [6.07, 6.45) is 6.04. The van der Waals surface area contributed by atoms with Gasteiger partial charge in [-0.05, 0) is 65.7 Å². The summed E-state index contributed by atoms with van der Waals surface area (Å²) >= 11 is 3.36. The third-order valence-electron chi connectivity index (χ3n) is 3.85. The predicted octanol–water partition coefficient (Wildman–Crippen LogP) is 4.30. The van der Waals surface area contributed by atoms with Crippen molar-refractivity contribution in [1.29, 1.82) is 0 Å². The third kappa shape index (κ3) is 3.33. The molecular formula is C15H21BrFN. The molecule has 1 saturated carbocycles. The first-order valence-electron chi connectivity index (χ1n) is 6.88. The number of benzene rings is 1. The summed E-state index contributed by atoms with van der Waals surface area (Å²) in [5, 5.41) is 3.62. The van der Waals surface area contributed by atoms with Gasteiger partial charge in [-0.25, -0.2) is 4.39 Å². The van der Waals surface area contributed by atoms with Crippen molar-refractivity contribution < 1.29 is 4.39 Å². The highest BCUT2D eigenvalue weighted by atomic mass is 79.9. The second kappa shape index (κ2) is 6.67. The molecule has 100 valence electrons. The largest absolute Gasteiger partial charge is 0.313 e. The van der Waals surface area contributed by atoms with Gasteiger partial charge in [0.2, 0.25) is 0 Å². The van der Waals surface area contributed by atoms with E-state index in [1.165, 1.54) is 25.3 Å². The Labute approximate surface area is 117 Å². The van der Waals surface area contributed by atoms with E-state index >= 15 is 0 Å². The Morgan fingerprint density at radius 1 is 1.44 bits per heavy atom. The van der Waals surface area contributed by atoms with Gasteiger partial charge in [0, 0.05) is 6.04 Å². The molecule has 0 radical (unpaired) electrons. The molecule has 1 nitrogen and oxygen atoms in total. The molecule has 18 heavy (non-hydrogen) atoms. The highest BCUT2D eigenvalue weighted by Gasteiger charge is 2.27. The van der Waals surface area contributed by atoms with Gasteiger partial charge in [0.15, 0.2) is 0 Å². The average Bonchev–Trinajstić information content (AvgIpc) is 2.29. The van der Waals surface area contributed by atoms with E-state index in [1.807, 2.05) is 6.07 Å². The van der Waals surface area contributed by atoms with Gasteiger partial charge in [0.25, 0.3) is 0 Å². The Hall–Kier alpha value is -0.410. The zero-order valence-corrected chi connectivity index (χ0v) is 12.5. The third-order valence-corrected chi connectivity index (χ3v) is 4.73. The van der Waals surface area contributed by atoms with Crippen molar-refractivity contribution in [3.8, 4) is 0 Å². The van der Waals surface area contributed by atoms with Crippen molar-refractivity contribution in [2.24, 2.45) is 5.92 Å².